The van der Waals surface area contributed by atoms with Gasteiger partial charge in [0, 0.05) is 38.7 Å². The molecule has 1 amide bonds. The number of nitrogens with one attached hydrogen (secondary N) is 1. The van der Waals surface area contributed by atoms with Crippen molar-refractivity contribution >= 4 is 11.6 Å². The summed E-state index contributed by atoms with van der Waals surface area (Å²) >= 11 is 0. The molecule has 0 unspecified atom stereocenters. The van der Waals surface area contributed by atoms with Crippen molar-refractivity contribution in [2.24, 2.45) is 5.92 Å². The predicted molar refractivity (Wildman–Crippen MR) is 81.0 cm³/mol. The maximum Gasteiger partial charge on any atom is 0.257 e. The number of anilines is 1. The highest BCUT2D eigenvalue weighted by Gasteiger charge is 2.22. The zero-order valence-electron chi connectivity index (χ0n) is 12.6. The molecular formula is C15H24N4O. The van der Waals surface area contributed by atoms with Crippen molar-refractivity contribution < 1.29 is 4.79 Å². The molecule has 2 rings (SSSR count). The fraction of sp³-hybridized carbons (Fsp3) is 0.600. The van der Waals surface area contributed by atoms with E-state index in [1.54, 1.807) is 12.4 Å². The van der Waals surface area contributed by atoms with Gasteiger partial charge in [-0.3, -0.25) is 9.78 Å². The summed E-state index contributed by atoms with van der Waals surface area (Å²) in [5.74, 6) is 0.649. The van der Waals surface area contributed by atoms with Gasteiger partial charge in [-0.25, -0.2) is 0 Å². The molecule has 1 N–H and O–H groups in total. The summed E-state index contributed by atoms with van der Waals surface area (Å²) in [6.45, 7) is 3.08. The van der Waals surface area contributed by atoms with Gasteiger partial charge in [0.25, 0.3) is 5.91 Å². The number of hydrogen-bond acceptors (Lipinski definition) is 4. The minimum absolute atomic E-state index is 0.0429. The van der Waals surface area contributed by atoms with Crippen LogP contribution in [0.2, 0.25) is 0 Å². The summed E-state index contributed by atoms with van der Waals surface area (Å²) in [5, 5.41) is 3.05. The van der Waals surface area contributed by atoms with E-state index in [9.17, 15) is 4.79 Å². The molecular weight excluding hydrogens is 252 g/mol. The highest BCUT2D eigenvalue weighted by Crippen LogP contribution is 2.19. The summed E-state index contributed by atoms with van der Waals surface area (Å²) in [6.07, 6.45) is 5.67. The van der Waals surface area contributed by atoms with E-state index in [0.29, 0.717) is 11.5 Å². The molecule has 1 aliphatic rings. The smallest absolute Gasteiger partial charge is 0.257 e. The van der Waals surface area contributed by atoms with Crippen molar-refractivity contribution in [2.45, 2.75) is 12.8 Å². The van der Waals surface area contributed by atoms with Crippen LogP contribution < -0.4 is 5.32 Å². The molecule has 1 aromatic rings. The van der Waals surface area contributed by atoms with E-state index in [4.69, 9.17) is 0 Å². The summed E-state index contributed by atoms with van der Waals surface area (Å²) < 4.78 is 0. The van der Waals surface area contributed by atoms with Gasteiger partial charge >= 0.3 is 0 Å². The van der Waals surface area contributed by atoms with Crippen LogP contribution in [0.5, 0.6) is 0 Å². The average Bonchev–Trinajstić information content (AvgIpc) is 2.48. The lowest BCUT2D eigenvalue weighted by atomic mass is 9.96. The molecule has 2 heterocycles. The molecule has 1 fully saturated rings. The molecule has 5 heteroatoms. The highest BCUT2D eigenvalue weighted by molar-refractivity contribution is 5.99. The third-order valence-corrected chi connectivity index (χ3v) is 4.04. The molecule has 5 nitrogen and oxygen atoms in total. The van der Waals surface area contributed by atoms with Gasteiger partial charge in [-0.05, 0) is 45.0 Å². The largest absolute Gasteiger partial charge is 0.387 e. The van der Waals surface area contributed by atoms with E-state index >= 15 is 0 Å². The summed E-state index contributed by atoms with van der Waals surface area (Å²) in [7, 11) is 5.86. The number of piperidine rings is 1. The van der Waals surface area contributed by atoms with Gasteiger partial charge in [0.05, 0.1) is 5.56 Å². The van der Waals surface area contributed by atoms with Crippen LogP contribution in [0.4, 0.5) is 5.69 Å². The topological polar surface area (TPSA) is 48.5 Å². The minimum Gasteiger partial charge on any atom is -0.387 e. The van der Waals surface area contributed by atoms with Crippen molar-refractivity contribution in [3.05, 3.63) is 24.0 Å². The van der Waals surface area contributed by atoms with Crippen molar-refractivity contribution in [1.82, 2.24) is 14.8 Å². The minimum atomic E-state index is 0.0429. The van der Waals surface area contributed by atoms with Crippen LogP contribution in [0.15, 0.2) is 18.5 Å². The van der Waals surface area contributed by atoms with E-state index in [0.717, 1.165) is 25.3 Å². The fourth-order valence-corrected chi connectivity index (χ4v) is 2.70. The highest BCUT2D eigenvalue weighted by atomic mass is 16.2. The van der Waals surface area contributed by atoms with Gasteiger partial charge in [-0.15, -0.1) is 0 Å². The lowest BCUT2D eigenvalue weighted by molar-refractivity contribution is 0.0747. The van der Waals surface area contributed by atoms with E-state index < -0.39 is 0 Å². The Balaban J connectivity index is 1.98. The third kappa shape index (κ3) is 3.48. The maximum atomic E-state index is 12.5. The number of nitrogens with zero attached hydrogens (tertiary/aromatic N) is 3. The molecule has 0 bridgehead atoms. The van der Waals surface area contributed by atoms with Gasteiger partial charge in [-0.1, -0.05) is 0 Å². The number of rotatable bonds is 4. The molecule has 1 aromatic heterocycles. The van der Waals surface area contributed by atoms with Gasteiger partial charge in [-0.2, -0.15) is 0 Å². The number of amides is 1. The molecule has 0 saturated carbocycles. The van der Waals surface area contributed by atoms with E-state index in [1.165, 1.54) is 12.8 Å². The Hall–Kier alpha value is -1.62. The van der Waals surface area contributed by atoms with E-state index in [1.807, 2.05) is 25.1 Å². The monoisotopic (exact) mass is 276 g/mol. The van der Waals surface area contributed by atoms with Crippen LogP contribution in [0, 0.1) is 5.92 Å². The van der Waals surface area contributed by atoms with Gasteiger partial charge < -0.3 is 15.1 Å². The second-order valence-corrected chi connectivity index (χ2v) is 5.60. The summed E-state index contributed by atoms with van der Waals surface area (Å²) in [6, 6.07) is 1.83. The first-order valence-electron chi connectivity index (χ1n) is 7.17. The summed E-state index contributed by atoms with van der Waals surface area (Å²) in [4.78, 5) is 20.7. The van der Waals surface area contributed by atoms with Crippen LogP contribution in [0.3, 0.4) is 0 Å². The van der Waals surface area contributed by atoms with Crippen LogP contribution in [0.25, 0.3) is 0 Å². The van der Waals surface area contributed by atoms with Crippen molar-refractivity contribution in [3.63, 3.8) is 0 Å². The zero-order chi connectivity index (χ0) is 14.5. The standard InChI is InChI=1S/C15H24N4O/c1-16-14-4-7-17-10-13(14)15(20)19(3)11-12-5-8-18(2)9-6-12/h4,7,10,12H,5-6,8-9,11H2,1-3H3,(H,16,17). The van der Waals surface area contributed by atoms with Crippen molar-refractivity contribution in [1.29, 1.82) is 0 Å². The number of pyridine rings is 1. The Morgan fingerprint density at radius 1 is 1.50 bits per heavy atom. The Kier molecular flexibility index (Phi) is 4.95. The number of hydrogen-bond donors (Lipinski definition) is 1. The Morgan fingerprint density at radius 2 is 2.20 bits per heavy atom. The normalized spacial score (nSPS) is 16.9. The van der Waals surface area contributed by atoms with E-state index in [2.05, 4.69) is 22.2 Å². The number of carbonyl (C=O) groups is 1. The first kappa shape index (κ1) is 14.8. The molecule has 0 atom stereocenters. The quantitative estimate of drug-likeness (QED) is 0.906. The lowest BCUT2D eigenvalue weighted by Crippen LogP contribution is -2.38. The molecule has 0 radical (unpaired) electrons. The lowest BCUT2D eigenvalue weighted by Gasteiger charge is -2.31. The predicted octanol–water partition coefficient (Wildman–Crippen LogP) is 1.54. The van der Waals surface area contributed by atoms with Crippen molar-refractivity contribution in [3.8, 4) is 0 Å². The molecule has 0 spiro atoms. The Morgan fingerprint density at radius 3 is 2.85 bits per heavy atom. The number of carbonyl (C=O) groups excluding carboxylic acids is 1. The van der Waals surface area contributed by atoms with Crippen LogP contribution in [-0.2, 0) is 0 Å². The summed E-state index contributed by atoms with van der Waals surface area (Å²) in [5.41, 5.74) is 1.48. The SMILES string of the molecule is CNc1ccncc1C(=O)N(C)CC1CCN(C)CC1. The van der Waals surface area contributed by atoms with Crippen LogP contribution in [0.1, 0.15) is 23.2 Å². The third-order valence-electron chi connectivity index (χ3n) is 4.04. The second-order valence-electron chi connectivity index (χ2n) is 5.60. The van der Waals surface area contributed by atoms with Crippen LogP contribution >= 0.6 is 0 Å². The molecule has 20 heavy (non-hydrogen) atoms. The molecule has 0 aromatic carbocycles. The molecule has 0 aliphatic carbocycles. The molecule has 1 saturated heterocycles. The maximum absolute atomic E-state index is 12.5. The van der Waals surface area contributed by atoms with Crippen LogP contribution in [-0.4, -0.2) is 61.5 Å². The number of likely N-dealkylation sites (tertiary alicyclic amines) is 1. The van der Waals surface area contributed by atoms with Gasteiger partial charge in [0.1, 0.15) is 0 Å². The van der Waals surface area contributed by atoms with Gasteiger partial charge in [0.15, 0.2) is 0 Å². The zero-order valence-corrected chi connectivity index (χ0v) is 12.6. The second kappa shape index (κ2) is 6.70. The molecule has 110 valence electrons. The Labute approximate surface area is 121 Å². The van der Waals surface area contributed by atoms with Crippen molar-refractivity contribution in [2.75, 3.05) is 46.1 Å². The average molecular weight is 276 g/mol. The first-order chi connectivity index (χ1) is 9.61. The van der Waals surface area contributed by atoms with Gasteiger partial charge in [0.2, 0.25) is 0 Å². The fourth-order valence-electron chi connectivity index (χ4n) is 2.70. The van der Waals surface area contributed by atoms with E-state index in [-0.39, 0.29) is 5.91 Å². The first-order valence-corrected chi connectivity index (χ1v) is 7.17. The number of aromatic nitrogens is 1. The Bertz CT molecular complexity index is 455. The molecule has 1 aliphatic heterocycles.